The minimum Gasteiger partial charge on any atom is -0.338 e. The van der Waals surface area contributed by atoms with E-state index < -0.39 is 5.82 Å². The SMILES string of the molecule is Cl.NC1CCN(C(=O)c2cc(Br)ccc2F)CC1. The number of halogens is 3. The van der Waals surface area contributed by atoms with Crippen molar-refractivity contribution in [2.75, 3.05) is 13.1 Å². The van der Waals surface area contributed by atoms with Crippen molar-refractivity contribution in [2.24, 2.45) is 5.73 Å². The molecule has 1 saturated heterocycles. The number of nitrogens with two attached hydrogens (primary N) is 1. The van der Waals surface area contributed by atoms with Crippen molar-refractivity contribution in [1.29, 1.82) is 0 Å². The molecule has 0 aromatic heterocycles. The molecule has 0 spiro atoms. The van der Waals surface area contributed by atoms with Gasteiger partial charge in [0.25, 0.3) is 5.91 Å². The van der Waals surface area contributed by atoms with Gasteiger partial charge in [0, 0.05) is 23.6 Å². The van der Waals surface area contributed by atoms with Gasteiger partial charge in [0.1, 0.15) is 5.82 Å². The molecule has 1 aromatic rings. The van der Waals surface area contributed by atoms with Crippen molar-refractivity contribution >= 4 is 34.2 Å². The fourth-order valence-electron chi connectivity index (χ4n) is 1.93. The third kappa shape index (κ3) is 3.43. The third-order valence-electron chi connectivity index (χ3n) is 2.99. The van der Waals surface area contributed by atoms with E-state index in [0.29, 0.717) is 17.6 Å². The molecule has 0 bridgehead atoms. The van der Waals surface area contributed by atoms with Gasteiger partial charge < -0.3 is 10.6 Å². The van der Waals surface area contributed by atoms with Crippen LogP contribution in [0.25, 0.3) is 0 Å². The zero-order valence-corrected chi connectivity index (χ0v) is 12.1. The highest BCUT2D eigenvalue weighted by molar-refractivity contribution is 9.10. The number of amides is 1. The van der Waals surface area contributed by atoms with Crippen LogP contribution in [0.15, 0.2) is 22.7 Å². The van der Waals surface area contributed by atoms with E-state index in [1.807, 2.05) is 0 Å². The first-order valence-corrected chi connectivity index (χ1v) is 6.37. The maximum atomic E-state index is 13.6. The Morgan fingerprint density at radius 2 is 2.00 bits per heavy atom. The molecule has 1 heterocycles. The second kappa shape index (κ2) is 6.50. The zero-order chi connectivity index (χ0) is 12.4. The van der Waals surface area contributed by atoms with Crippen LogP contribution in [0.4, 0.5) is 4.39 Å². The van der Waals surface area contributed by atoms with Crippen LogP contribution in [0.2, 0.25) is 0 Å². The lowest BCUT2D eigenvalue weighted by atomic mass is 10.0. The van der Waals surface area contributed by atoms with Gasteiger partial charge in [-0.2, -0.15) is 0 Å². The fraction of sp³-hybridized carbons (Fsp3) is 0.417. The van der Waals surface area contributed by atoms with E-state index in [1.54, 1.807) is 11.0 Å². The molecule has 0 saturated carbocycles. The third-order valence-corrected chi connectivity index (χ3v) is 3.48. The number of benzene rings is 1. The van der Waals surface area contributed by atoms with Gasteiger partial charge in [-0.05, 0) is 31.0 Å². The Balaban J connectivity index is 0.00000162. The van der Waals surface area contributed by atoms with E-state index in [9.17, 15) is 9.18 Å². The van der Waals surface area contributed by atoms with Crippen molar-refractivity contribution in [3.8, 4) is 0 Å². The van der Waals surface area contributed by atoms with Gasteiger partial charge in [-0.1, -0.05) is 15.9 Å². The Morgan fingerprint density at radius 3 is 2.61 bits per heavy atom. The molecule has 2 N–H and O–H groups in total. The summed E-state index contributed by atoms with van der Waals surface area (Å²) in [5.41, 5.74) is 5.89. The molecule has 0 unspecified atom stereocenters. The second-order valence-corrected chi connectivity index (χ2v) is 5.17. The standard InChI is InChI=1S/C12H14BrFN2O.ClH/c13-8-1-2-11(14)10(7-8)12(17)16-5-3-9(15)4-6-16;/h1-2,7,9H,3-6,15H2;1H. The first kappa shape index (κ1) is 15.4. The van der Waals surface area contributed by atoms with E-state index in [2.05, 4.69) is 15.9 Å². The summed E-state index contributed by atoms with van der Waals surface area (Å²) in [7, 11) is 0. The summed E-state index contributed by atoms with van der Waals surface area (Å²) >= 11 is 3.24. The molecule has 6 heteroatoms. The maximum Gasteiger partial charge on any atom is 0.256 e. The van der Waals surface area contributed by atoms with Crippen molar-refractivity contribution in [2.45, 2.75) is 18.9 Å². The molecular formula is C12H15BrClFN2O. The summed E-state index contributed by atoms with van der Waals surface area (Å²) in [4.78, 5) is 13.8. The fourth-order valence-corrected chi connectivity index (χ4v) is 2.30. The normalized spacial score (nSPS) is 16.3. The molecule has 0 aliphatic carbocycles. The lowest BCUT2D eigenvalue weighted by Crippen LogP contribution is -2.43. The highest BCUT2D eigenvalue weighted by Gasteiger charge is 2.23. The van der Waals surface area contributed by atoms with Crippen LogP contribution in [0, 0.1) is 5.82 Å². The van der Waals surface area contributed by atoms with E-state index in [4.69, 9.17) is 5.73 Å². The van der Waals surface area contributed by atoms with E-state index in [-0.39, 0.29) is 29.9 Å². The van der Waals surface area contributed by atoms with Crippen LogP contribution in [0.3, 0.4) is 0 Å². The molecule has 1 fully saturated rings. The second-order valence-electron chi connectivity index (χ2n) is 4.25. The molecule has 0 radical (unpaired) electrons. The lowest BCUT2D eigenvalue weighted by Gasteiger charge is -2.30. The average Bonchev–Trinajstić information content (AvgIpc) is 2.32. The molecule has 1 amide bonds. The Bertz CT molecular complexity index is 436. The van der Waals surface area contributed by atoms with E-state index in [0.717, 1.165) is 12.8 Å². The van der Waals surface area contributed by atoms with Crippen molar-refractivity contribution in [1.82, 2.24) is 4.90 Å². The number of piperidine rings is 1. The topological polar surface area (TPSA) is 46.3 Å². The number of carbonyl (C=O) groups excluding carboxylic acids is 1. The number of hydrogen-bond acceptors (Lipinski definition) is 2. The Labute approximate surface area is 120 Å². The van der Waals surface area contributed by atoms with E-state index in [1.165, 1.54) is 12.1 Å². The summed E-state index contributed by atoms with van der Waals surface area (Å²) in [6.07, 6.45) is 1.56. The van der Waals surface area contributed by atoms with Crippen LogP contribution < -0.4 is 5.73 Å². The van der Waals surface area contributed by atoms with Crippen molar-refractivity contribution < 1.29 is 9.18 Å². The van der Waals surface area contributed by atoms with Crippen LogP contribution in [0.5, 0.6) is 0 Å². The molecule has 18 heavy (non-hydrogen) atoms. The predicted octanol–water partition coefficient (Wildman–Crippen LogP) is 2.57. The van der Waals surface area contributed by atoms with Gasteiger partial charge in [0.2, 0.25) is 0 Å². The molecule has 3 nitrogen and oxygen atoms in total. The van der Waals surface area contributed by atoms with Gasteiger partial charge in [-0.15, -0.1) is 12.4 Å². The molecule has 1 aromatic carbocycles. The molecule has 100 valence electrons. The molecule has 0 atom stereocenters. The van der Waals surface area contributed by atoms with Gasteiger partial charge in [-0.25, -0.2) is 4.39 Å². The first-order valence-electron chi connectivity index (χ1n) is 5.58. The highest BCUT2D eigenvalue weighted by atomic mass is 79.9. The quantitative estimate of drug-likeness (QED) is 0.856. The maximum absolute atomic E-state index is 13.6. The number of nitrogens with zero attached hydrogens (tertiary/aromatic N) is 1. The number of likely N-dealkylation sites (tertiary alicyclic amines) is 1. The Hall–Kier alpha value is -0.650. The van der Waals surface area contributed by atoms with Gasteiger partial charge in [0.05, 0.1) is 5.56 Å². The van der Waals surface area contributed by atoms with Crippen LogP contribution in [0.1, 0.15) is 23.2 Å². The number of carbonyl (C=O) groups is 1. The monoisotopic (exact) mass is 336 g/mol. The Morgan fingerprint density at radius 1 is 1.39 bits per heavy atom. The minimum atomic E-state index is -0.479. The van der Waals surface area contributed by atoms with E-state index >= 15 is 0 Å². The first-order chi connectivity index (χ1) is 8.08. The minimum absolute atomic E-state index is 0. The van der Waals surface area contributed by atoms with Crippen LogP contribution >= 0.6 is 28.3 Å². The summed E-state index contributed by atoms with van der Waals surface area (Å²) in [6.45, 7) is 1.21. The lowest BCUT2D eigenvalue weighted by molar-refractivity contribution is 0.0710. The van der Waals surface area contributed by atoms with Crippen molar-refractivity contribution in [3.05, 3.63) is 34.1 Å². The number of rotatable bonds is 1. The van der Waals surface area contributed by atoms with Gasteiger partial charge in [-0.3, -0.25) is 4.79 Å². The smallest absolute Gasteiger partial charge is 0.256 e. The van der Waals surface area contributed by atoms with Gasteiger partial charge in [0.15, 0.2) is 0 Å². The summed E-state index contributed by atoms with van der Waals surface area (Å²) < 4.78 is 14.3. The summed E-state index contributed by atoms with van der Waals surface area (Å²) in [5, 5.41) is 0. The Kier molecular flexibility index (Phi) is 5.56. The molecular weight excluding hydrogens is 323 g/mol. The molecule has 1 aliphatic heterocycles. The molecule has 2 rings (SSSR count). The predicted molar refractivity (Wildman–Crippen MR) is 74.5 cm³/mol. The van der Waals surface area contributed by atoms with Crippen LogP contribution in [-0.2, 0) is 0 Å². The number of hydrogen-bond donors (Lipinski definition) is 1. The zero-order valence-electron chi connectivity index (χ0n) is 9.73. The molecule has 1 aliphatic rings. The summed E-state index contributed by atoms with van der Waals surface area (Å²) in [6, 6.07) is 4.56. The van der Waals surface area contributed by atoms with Crippen molar-refractivity contribution in [3.63, 3.8) is 0 Å². The largest absolute Gasteiger partial charge is 0.338 e. The average molecular weight is 338 g/mol. The van der Waals surface area contributed by atoms with Crippen LogP contribution in [-0.4, -0.2) is 29.9 Å². The highest BCUT2D eigenvalue weighted by Crippen LogP contribution is 2.19. The summed E-state index contributed by atoms with van der Waals surface area (Å²) in [5.74, 6) is -0.733. The van der Waals surface area contributed by atoms with Gasteiger partial charge >= 0.3 is 0 Å².